The number of esters is 1. The number of hydrogen-bond donors (Lipinski definition) is 1. The second-order valence-corrected chi connectivity index (χ2v) is 4.29. The van der Waals surface area contributed by atoms with Gasteiger partial charge in [0.25, 0.3) is 0 Å². The second kappa shape index (κ2) is 13.6. The molecule has 0 radical (unpaired) electrons. The summed E-state index contributed by atoms with van der Waals surface area (Å²) in [6.07, 6.45) is -4.31. The minimum Gasteiger partial charge on any atom is -0.465 e. The number of carbonyl (C=O) groups is 2. The van der Waals surface area contributed by atoms with E-state index in [-0.39, 0.29) is 17.8 Å². The Balaban J connectivity index is 0. The van der Waals surface area contributed by atoms with Gasteiger partial charge in [0, 0.05) is 0 Å². The van der Waals surface area contributed by atoms with Crippen LogP contribution in [0.2, 0.25) is 0 Å². The summed E-state index contributed by atoms with van der Waals surface area (Å²) in [5.41, 5.74) is -0.722. The van der Waals surface area contributed by atoms with Crippen LogP contribution in [0.25, 0.3) is 0 Å². The summed E-state index contributed by atoms with van der Waals surface area (Å²) in [5.74, 6) is 0.00835. The monoisotopic (exact) mass is 371 g/mol. The van der Waals surface area contributed by atoms with Gasteiger partial charge in [-0.15, -0.1) is 0 Å². The van der Waals surface area contributed by atoms with Crippen LogP contribution in [0.3, 0.4) is 0 Å². The topological polar surface area (TPSA) is 64.6 Å². The number of ether oxygens (including phenoxy) is 1. The van der Waals surface area contributed by atoms with Gasteiger partial charge in [0.05, 0.1) is 12.2 Å². The number of likely N-dealkylation sites (N-methyl/N-ethyl adjacent to an activating group) is 1. The van der Waals surface area contributed by atoms with E-state index in [4.69, 9.17) is 21.4 Å². The first-order valence-corrected chi connectivity index (χ1v) is 7.21. The third-order valence-corrected chi connectivity index (χ3v) is 2.60. The Labute approximate surface area is 144 Å². The molecule has 0 unspecified atom stereocenters. The highest BCUT2D eigenvalue weighted by molar-refractivity contribution is 6.09. The van der Waals surface area contributed by atoms with Gasteiger partial charge >= 0.3 is 12.1 Å². The minimum absolute atomic E-state index is 0.176. The van der Waals surface area contributed by atoms with E-state index in [0.717, 1.165) is 30.8 Å². The van der Waals surface area contributed by atoms with E-state index < -0.39 is 11.7 Å². The molecular weight excluding hydrogens is 351 g/mol. The molecule has 0 aromatic heterocycles. The van der Waals surface area contributed by atoms with Gasteiger partial charge in [-0.1, -0.05) is 6.92 Å². The molecule has 5 nitrogen and oxygen atoms in total. The summed E-state index contributed by atoms with van der Waals surface area (Å²) in [6.45, 7) is 8.79. The normalized spacial score (nSPS) is 11.1. The number of carbonyl (C=O) groups excluding carboxylic acids is 2. The van der Waals surface area contributed by atoms with Crippen LogP contribution in [0, 0.1) is 0 Å². The van der Waals surface area contributed by atoms with Crippen molar-refractivity contribution < 1.29 is 31.8 Å². The highest BCUT2D eigenvalue weighted by atomic mass is 35.5. The minimum atomic E-state index is -4.31. The molecule has 0 spiro atoms. The Bertz CT molecular complexity index is 455. The van der Waals surface area contributed by atoms with Crippen molar-refractivity contribution in [1.29, 1.82) is 0 Å². The summed E-state index contributed by atoms with van der Waals surface area (Å²) in [5, 5.41) is 2.96. The highest BCUT2D eigenvalue weighted by Crippen LogP contribution is 2.30. The maximum atomic E-state index is 11.9. The lowest BCUT2D eigenvalue weighted by Gasteiger charge is -2.09. The number of hydrogen-bond acceptors (Lipinski definition) is 5. The van der Waals surface area contributed by atoms with Gasteiger partial charge in [-0.25, -0.2) is 0 Å². The van der Waals surface area contributed by atoms with Crippen molar-refractivity contribution in [3.63, 3.8) is 0 Å². The second-order valence-electron chi connectivity index (χ2n) is 4.13. The number of alkyl halides is 3. The van der Waals surface area contributed by atoms with E-state index in [1.807, 2.05) is 13.7 Å². The van der Waals surface area contributed by atoms with Crippen molar-refractivity contribution in [2.45, 2.75) is 33.0 Å². The lowest BCUT2D eigenvalue weighted by Crippen LogP contribution is -2.35. The molecule has 0 fully saturated rings. The van der Waals surface area contributed by atoms with Crippen molar-refractivity contribution in [3.05, 3.63) is 29.8 Å². The van der Waals surface area contributed by atoms with Gasteiger partial charge in [0.15, 0.2) is 0 Å². The molecule has 0 aliphatic heterocycles. The van der Waals surface area contributed by atoms with E-state index in [1.165, 1.54) is 0 Å². The van der Waals surface area contributed by atoms with Crippen LogP contribution in [0.4, 0.5) is 13.2 Å². The molecule has 9 heteroatoms. The standard InChI is InChI=1S/C7H4ClF3O.C7H15NO2.CH2O/c8-12-6-3-1-5(2-4-6)7(9,10)11;1-4-8-6(3)7(9)10-5-2;1-2/h1-4H;6,8H,4-5H2,1-3H3;1H2/t;6-;/m.0./s1. The molecule has 0 bridgehead atoms. The van der Waals surface area contributed by atoms with Gasteiger partial charge in [-0.2, -0.15) is 13.2 Å². The summed E-state index contributed by atoms with van der Waals surface area (Å²) >= 11 is 4.91. The molecule has 24 heavy (non-hydrogen) atoms. The zero-order chi connectivity index (χ0) is 19.2. The summed E-state index contributed by atoms with van der Waals surface area (Å²) in [6, 6.07) is 3.92. The lowest BCUT2D eigenvalue weighted by molar-refractivity contribution is -0.145. The highest BCUT2D eigenvalue weighted by Gasteiger charge is 2.29. The average molecular weight is 372 g/mol. The molecule has 0 saturated heterocycles. The van der Waals surface area contributed by atoms with E-state index in [9.17, 15) is 18.0 Å². The van der Waals surface area contributed by atoms with Crippen LogP contribution >= 0.6 is 11.9 Å². The van der Waals surface area contributed by atoms with Gasteiger partial charge in [-0.3, -0.25) is 4.79 Å². The van der Waals surface area contributed by atoms with Crippen LogP contribution in [0.1, 0.15) is 26.3 Å². The SMILES string of the molecule is C=O.CCN[C@@H](C)C(=O)OCC.FC(F)(F)c1ccc(OCl)cc1. The number of halogens is 4. The molecule has 0 heterocycles. The van der Waals surface area contributed by atoms with Crippen LogP contribution in [-0.2, 0) is 20.5 Å². The molecule has 0 aliphatic rings. The van der Waals surface area contributed by atoms with Crippen molar-refractivity contribution >= 4 is 24.6 Å². The number of benzene rings is 1. The molecule has 0 saturated carbocycles. The number of rotatable bonds is 5. The summed E-state index contributed by atoms with van der Waals surface area (Å²) in [4.78, 5) is 18.8. The van der Waals surface area contributed by atoms with Crippen molar-refractivity contribution in [1.82, 2.24) is 5.32 Å². The maximum Gasteiger partial charge on any atom is 0.416 e. The maximum absolute atomic E-state index is 11.9. The molecule has 138 valence electrons. The predicted octanol–water partition coefficient (Wildman–Crippen LogP) is 3.60. The Hall–Kier alpha value is -1.80. The quantitative estimate of drug-likeness (QED) is 0.801. The summed E-state index contributed by atoms with van der Waals surface area (Å²) in [7, 11) is 0. The molecule has 1 rings (SSSR count). The number of nitrogens with one attached hydrogen (secondary N) is 1. The fourth-order valence-corrected chi connectivity index (χ4v) is 1.45. The predicted molar refractivity (Wildman–Crippen MR) is 84.8 cm³/mol. The fraction of sp³-hybridized carbons (Fsp3) is 0.467. The average Bonchev–Trinajstić information content (AvgIpc) is 2.57. The van der Waals surface area contributed by atoms with Gasteiger partial charge in [-0.05, 0) is 44.7 Å². The Kier molecular flexibility index (Phi) is 13.9. The summed E-state index contributed by atoms with van der Waals surface area (Å²) < 4.78 is 44.8. The molecule has 1 aromatic carbocycles. The zero-order valence-electron chi connectivity index (χ0n) is 13.7. The first-order valence-electron chi connectivity index (χ1n) is 6.90. The molecule has 0 aliphatic carbocycles. The molecular formula is C15H21ClF3NO4. The largest absolute Gasteiger partial charge is 0.465 e. The van der Waals surface area contributed by atoms with Gasteiger partial charge in [0.1, 0.15) is 30.4 Å². The van der Waals surface area contributed by atoms with E-state index >= 15 is 0 Å². The van der Waals surface area contributed by atoms with Crippen LogP contribution in [0.5, 0.6) is 5.75 Å². The van der Waals surface area contributed by atoms with Gasteiger partial charge < -0.3 is 19.1 Å². The van der Waals surface area contributed by atoms with Crippen molar-refractivity contribution in [3.8, 4) is 5.75 Å². The van der Waals surface area contributed by atoms with E-state index in [2.05, 4.69) is 9.61 Å². The fourth-order valence-electron chi connectivity index (χ4n) is 1.35. The third kappa shape index (κ3) is 10.8. The van der Waals surface area contributed by atoms with Crippen LogP contribution in [-0.4, -0.2) is 32.0 Å². The first kappa shape index (κ1) is 24.5. The van der Waals surface area contributed by atoms with E-state index in [1.54, 1.807) is 13.8 Å². The molecule has 1 aromatic rings. The van der Waals surface area contributed by atoms with Crippen LogP contribution in [0.15, 0.2) is 24.3 Å². The molecule has 1 atom stereocenters. The van der Waals surface area contributed by atoms with Crippen molar-refractivity contribution in [2.75, 3.05) is 13.2 Å². The smallest absolute Gasteiger partial charge is 0.416 e. The Morgan fingerprint density at radius 2 is 1.75 bits per heavy atom. The van der Waals surface area contributed by atoms with E-state index in [0.29, 0.717) is 6.61 Å². The van der Waals surface area contributed by atoms with Crippen LogP contribution < -0.4 is 9.61 Å². The Morgan fingerprint density at radius 3 is 2.08 bits per heavy atom. The Morgan fingerprint density at radius 1 is 1.25 bits per heavy atom. The molecule has 0 amide bonds. The van der Waals surface area contributed by atoms with Gasteiger partial charge in [0.2, 0.25) is 0 Å². The lowest BCUT2D eigenvalue weighted by atomic mass is 10.2. The van der Waals surface area contributed by atoms with Crippen molar-refractivity contribution in [2.24, 2.45) is 0 Å². The first-order chi connectivity index (χ1) is 11.3. The zero-order valence-corrected chi connectivity index (χ0v) is 14.4. The third-order valence-electron chi connectivity index (χ3n) is 2.42. The molecule has 1 N–H and O–H groups in total.